The van der Waals surface area contributed by atoms with Gasteiger partial charge in [-0.2, -0.15) is 0 Å². The topological polar surface area (TPSA) is 38.3 Å². The summed E-state index contributed by atoms with van der Waals surface area (Å²) < 4.78 is 5.06. The Morgan fingerprint density at radius 3 is 2.94 bits per heavy atom. The van der Waals surface area contributed by atoms with Crippen LogP contribution in [0.25, 0.3) is 0 Å². The highest BCUT2D eigenvalue weighted by molar-refractivity contribution is 6.32. The first-order valence-electron chi connectivity index (χ1n) is 4.70. The molecule has 0 aliphatic carbocycles. The van der Waals surface area contributed by atoms with E-state index in [1.165, 1.54) is 6.92 Å². The molecule has 0 unspecified atom stereocenters. The Morgan fingerprint density at radius 2 is 2.31 bits per heavy atom. The summed E-state index contributed by atoms with van der Waals surface area (Å²) in [5.41, 5.74) is 0.798. The molecule has 0 atom stereocenters. The highest BCUT2D eigenvalue weighted by Gasteiger charge is 1.99. The molecule has 84 valence electrons. The molecule has 1 aromatic rings. The average molecular weight is 238 g/mol. The van der Waals surface area contributed by atoms with E-state index in [-0.39, 0.29) is 5.91 Å². The van der Waals surface area contributed by atoms with Crippen molar-refractivity contribution in [2.24, 2.45) is 0 Å². The van der Waals surface area contributed by atoms with E-state index in [2.05, 4.69) is 17.2 Å². The van der Waals surface area contributed by atoms with Crippen LogP contribution < -0.4 is 10.1 Å². The number of benzene rings is 1. The molecule has 1 amide bonds. The molecular weight excluding hydrogens is 226 g/mol. The number of carbonyl (C=O) groups is 1. The van der Waals surface area contributed by atoms with Gasteiger partial charge in [-0.1, -0.05) is 23.4 Å². The number of carbonyl (C=O) groups excluding carboxylic acids is 1. The first kappa shape index (κ1) is 12.4. The third kappa shape index (κ3) is 3.84. The molecule has 0 bridgehead atoms. The fraction of sp³-hybridized carbons (Fsp3) is 0.250. The van der Waals surface area contributed by atoms with E-state index in [4.69, 9.17) is 16.3 Å². The van der Waals surface area contributed by atoms with Crippen LogP contribution in [0.5, 0.6) is 5.75 Å². The lowest BCUT2D eigenvalue weighted by atomic mass is 10.2. The SMILES string of the molecule is COc1cc(C#CCNC(C)=O)ccc1Cl. The summed E-state index contributed by atoms with van der Waals surface area (Å²) in [7, 11) is 1.55. The summed E-state index contributed by atoms with van der Waals surface area (Å²) in [6.45, 7) is 1.78. The lowest BCUT2D eigenvalue weighted by Crippen LogP contribution is -2.19. The number of ether oxygens (including phenoxy) is 1. The largest absolute Gasteiger partial charge is 0.495 e. The molecule has 0 fully saturated rings. The monoisotopic (exact) mass is 237 g/mol. The quantitative estimate of drug-likeness (QED) is 0.797. The van der Waals surface area contributed by atoms with Gasteiger partial charge >= 0.3 is 0 Å². The Kier molecular flexibility index (Phi) is 4.68. The molecule has 0 saturated heterocycles. The van der Waals surface area contributed by atoms with Crippen LogP contribution >= 0.6 is 11.6 Å². The zero-order valence-electron chi connectivity index (χ0n) is 9.13. The molecule has 1 N–H and O–H groups in total. The summed E-state index contributed by atoms with van der Waals surface area (Å²) in [5, 5.41) is 3.14. The molecule has 0 heterocycles. The number of methoxy groups -OCH3 is 1. The first-order valence-corrected chi connectivity index (χ1v) is 5.08. The van der Waals surface area contributed by atoms with Crippen molar-refractivity contribution >= 4 is 17.5 Å². The molecule has 0 aromatic heterocycles. The van der Waals surface area contributed by atoms with Crippen LogP contribution in [0.3, 0.4) is 0 Å². The van der Waals surface area contributed by atoms with Gasteiger partial charge in [-0.25, -0.2) is 0 Å². The fourth-order valence-electron chi connectivity index (χ4n) is 1.05. The van der Waals surface area contributed by atoms with Gasteiger partial charge in [0.05, 0.1) is 18.7 Å². The van der Waals surface area contributed by atoms with E-state index in [0.29, 0.717) is 17.3 Å². The number of amides is 1. The van der Waals surface area contributed by atoms with Gasteiger partial charge in [0.25, 0.3) is 0 Å². The van der Waals surface area contributed by atoms with E-state index >= 15 is 0 Å². The summed E-state index contributed by atoms with van der Waals surface area (Å²) in [5.74, 6) is 6.22. The first-order chi connectivity index (χ1) is 7.63. The van der Waals surface area contributed by atoms with E-state index in [1.54, 1.807) is 25.3 Å². The standard InChI is InChI=1S/C12H12ClNO2/c1-9(15)14-7-3-4-10-5-6-11(13)12(8-10)16-2/h5-6,8H,7H2,1-2H3,(H,14,15). The van der Waals surface area contributed by atoms with Crippen molar-refractivity contribution in [3.63, 3.8) is 0 Å². The smallest absolute Gasteiger partial charge is 0.217 e. The summed E-state index contributed by atoms with van der Waals surface area (Å²) in [6.07, 6.45) is 0. The molecule has 0 aliphatic rings. The maximum Gasteiger partial charge on any atom is 0.217 e. The van der Waals surface area contributed by atoms with Gasteiger partial charge in [-0.3, -0.25) is 4.79 Å². The van der Waals surface area contributed by atoms with Crippen molar-refractivity contribution in [3.05, 3.63) is 28.8 Å². The molecule has 3 nitrogen and oxygen atoms in total. The number of halogens is 1. The minimum atomic E-state index is -0.0945. The molecule has 0 radical (unpaired) electrons. The molecule has 0 spiro atoms. The second kappa shape index (κ2) is 6.04. The van der Waals surface area contributed by atoms with Crippen LogP contribution in [-0.4, -0.2) is 19.6 Å². The Labute approximate surface area is 99.7 Å². The van der Waals surface area contributed by atoms with Crippen molar-refractivity contribution in [2.75, 3.05) is 13.7 Å². The predicted octanol–water partition coefficient (Wildman–Crippen LogP) is 1.84. The van der Waals surface area contributed by atoms with Gasteiger partial charge in [-0.15, -0.1) is 0 Å². The van der Waals surface area contributed by atoms with E-state index in [9.17, 15) is 4.79 Å². The molecular formula is C12H12ClNO2. The van der Waals surface area contributed by atoms with Crippen molar-refractivity contribution in [1.29, 1.82) is 0 Å². The summed E-state index contributed by atoms with van der Waals surface area (Å²) in [6, 6.07) is 5.28. The van der Waals surface area contributed by atoms with Crippen LogP contribution in [-0.2, 0) is 4.79 Å². The Morgan fingerprint density at radius 1 is 1.56 bits per heavy atom. The summed E-state index contributed by atoms with van der Waals surface area (Å²) in [4.78, 5) is 10.6. The van der Waals surface area contributed by atoms with E-state index in [1.807, 2.05) is 0 Å². The fourth-order valence-corrected chi connectivity index (χ4v) is 1.25. The molecule has 1 aromatic carbocycles. The Hall–Kier alpha value is -1.66. The zero-order chi connectivity index (χ0) is 12.0. The number of nitrogens with one attached hydrogen (secondary N) is 1. The number of rotatable bonds is 2. The predicted molar refractivity (Wildman–Crippen MR) is 63.6 cm³/mol. The Bertz CT molecular complexity index is 446. The summed E-state index contributed by atoms with van der Waals surface area (Å²) >= 11 is 5.87. The third-order valence-corrected chi connectivity index (χ3v) is 2.12. The van der Waals surface area contributed by atoms with Crippen LogP contribution in [0.4, 0.5) is 0 Å². The molecule has 4 heteroatoms. The Balaban J connectivity index is 2.70. The van der Waals surface area contributed by atoms with Crippen molar-refractivity contribution in [2.45, 2.75) is 6.92 Å². The highest BCUT2D eigenvalue weighted by Crippen LogP contribution is 2.24. The molecule has 16 heavy (non-hydrogen) atoms. The van der Waals surface area contributed by atoms with Crippen molar-refractivity contribution in [1.82, 2.24) is 5.32 Å². The van der Waals surface area contributed by atoms with Crippen molar-refractivity contribution in [3.8, 4) is 17.6 Å². The van der Waals surface area contributed by atoms with E-state index in [0.717, 1.165) is 5.56 Å². The maximum absolute atomic E-state index is 10.6. The number of hydrogen-bond acceptors (Lipinski definition) is 2. The zero-order valence-corrected chi connectivity index (χ0v) is 9.89. The average Bonchev–Trinajstić information content (AvgIpc) is 2.26. The van der Waals surface area contributed by atoms with Gasteiger partial charge in [0.15, 0.2) is 0 Å². The minimum absolute atomic E-state index is 0.0945. The highest BCUT2D eigenvalue weighted by atomic mass is 35.5. The number of hydrogen-bond donors (Lipinski definition) is 1. The maximum atomic E-state index is 10.6. The van der Waals surface area contributed by atoms with Gasteiger partial charge in [-0.05, 0) is 18.2 Å². The van der Waals surface area contributed by atoms with Crippen LogP contribution in [0, 0.1) is 11.8 Å². The van der Waals surface area contributed by atoms with Crippen molar-refractivity contribution < 1.29 is 9.53 Å². The van der Waals surface area contributed by atoms with Gasteiger partial charge < -0.3 is 10.1 Å². The van der Waals surface area contributed by atoms with Crippen LogP contribution in [0.2, 0.25) is 5.02 Å². The molecule has 0 saturated carbocycles. The molecule has 1 rings (SSSR count). The normalized spacial score (nSPS) is 8.94. The second-order valence-electron chi connectivity index (χ2n) is 3.06. The van der Waals surface area contributed by atoms with E-state index < -0.39 is 0 Å². The third-order valence-electron chi connectivity index (χ3n) is 1.81. The minimum Gasteiger partial charge on any atom is -0.495 e. The lowest BCUT2D eigenvalue weighted by Gasteiger charge is -2.02. The van der Waals surface area contributed by atoms with Gasteiger partial charge in [0.1, 0.15) is 5.75 Å². The van der Waals surface area contributed by atoms with Gasteiger partial charge in [0.2, 0.25) is 5.91 Å². The second-order valence-corrected chi connectivity index (χ2v) is 3.47. The van der Waals surface area contributed by atoms with Crippen LogP contribution in [0.15, 0.2) is 18.2 Å². The molecule has 0 aliphatic heterocycles. The van der Waals surface area contributed by atoms with Crippen LogP contribution in [0.1, 0.15) is 12.5 Å². The van der Waals surface area contributed by atoms with Gasteiger partial charge in [0, 0.05) is 12.5 Å². The lowest BCUT2D eigenvalue weighted by molar-refractivity contribution is -0.118.